The molecule has 0 atom stereocenters. The van der Waals surface area contributed by atoms with Crippen molar-refractivity contribution in [2.24, 2.45) is 0 Å². The summed E-state index contributed by atoms with van der Waals surface area (Å²) in [5.41, 5.74) is 1.00. The fourth-order valence-electron chi connectivity index (χ4n) is 1.55. The number of rotatable bonds is 3. The lowest BCUT2D eigenvalue weighted by Crippen LogP contribution is -2.13. The molecule has 0 aliphatic heterocycles. The van der Waals surface area contributed by atoms with Gasteiger partial charge in [-0.2, -0.15) is 0 Å². The lowest BCUT2D eigenvalue weighted by molar-refractivity contribution is 0.471. The van der Waals surface area contributed by atoms with Gasteiger partial charge < -0.3 is 5.11 Å². The van der Waals surface area contributed by atoms with Crippen LogP contribution in [-0.2, 0) is 10.0 Å². The van der Waals surface area contributed by atoms with Crippen LogP contribution in [0.25, 0.3) is 0 Å². The number of nitrogens with one attached hydrogen (secondary N) is 1. The Bertz CT molecular complexity index is 714. The van der Waals surface area contributed by atoms with Gasteiger partial charge in [-0.1, -0.05) is 18.2 Å². The predicted octanol–water partition coefficient (Wildman–Crippen LogP) is 3.26. The van der Waals surface area contributed by atoms with E-state index in [1.165, 1.54) is 12.1 Å². The molecule has 0 aliphatic rings. The minimum absolute atomic E-state index is 0.0485. The average Bonchev–Trinajstić information content (AvgIpc) is 2.34. The second-order valence-electron chi connectivity index (χ2n) is 4.04. The summed E-state index contributed by atoms with van der Waals surface area (Å²) in [6, 6.07) is 11.2. The monoisotopic (exact) mass is 341 g/mol. The number of benzene rings is 2. The van der Waals surface area contributed by atoms with Gasteiger partial charge in [0.2, 0.25) is 0 Å². The molecule has 0 aromatic heterocycles. The maximum absolute atomic E-state index is 12.2. The summed E-state index contributed by atoms with van der Waals surface area (Å²) in [7, 11) is -3.68. The Balaban J connectivity index is 2.37. The maximum Gasteiger partial charge on any atom is 0.263 e. The molecule has 2 N–H and O–H groups in total. The maximum atomic E-state index is 12.2. The minimum Gasteiger partial charge on any atom is -0.508 e. The van der Waals surface area contributed by atoms with Gasteiger partial charge >= 0.3 is 0 Å². The van der Waals surface area contributed by atoms with Gasteiger partial charge in [-0.05, 0) is 46.6 Å². The molecular weight excluding hydrogens is 330 g/mol. The van der Waals surface area contributed by atoms with Gasteiger partial charge in [0.15, 0.2) is 0 Å². The highest BCUT2D eigenvalue weighted by Gasteiger charge is 2.17. The van der Waals surface area contributed by atoms with Gasteiger partial charge in [0, 0.05) is 10.5 Å². The van der Waals surface area contributed by atoms with Crippen LogP contribution in [0, 0.1) is 6.92 Å². The molecule has 4 nitrogen and oxygen atoms in total. The van der Waals surface area contributed by atoms with Crippen molar-refractivity contribution in [3.63, 3.8) is 0 Å². The zero-order valence-corrected chi connectivity index (χ0v) is 12.5. The molecule has 0 bridgehead atoms. The Kier molecular flexibility index (Phi) is 3.82. The number of phenolic OH excluding ortho intramolecular Hbond substituents is 1. The summed E-state index contributed by atoms with van der Waals surface area (Å²) >= 11 is 3.20. The van der Waals surface area contributed by atoms with Crippen LogP contribution in [0.1, 0.15) is 5.56 Å². The second-order valence-corrected chi connectivity index (χ2v) is 6.54. The topological polar surface area (TPSA) is 66.4 Å². The van der Waals surface area contributed by atoms with E-state index in [0.29, 0.717) is 15.7 Å². The number of aromatic hydroxyl groups is 1. The number of hydrogen-bond donors (Lipinski definition) is 2. The predicted molar refractivity (Wildman–Crippen MR) is 77.8 cm³/mol. The van der Waals surface area contributed by atoms with Crippen molar-refractivity contribution in [1.29, 1.82) is 0 Å². The third kappa shape index (κ3) is 3.08. The second kappa shape index (κ2) is 5.22. The van der Waals surface area contributed by atoms with Gasteiger partial charge in [-0.3, -0.25) is 4.72 Å². The third-order valence-corrected chi connectivity index (χ3v) is 4.98. The van der Waals surface area contributed by atoms with Gasteiger partial charge in [-0.25, -0.2) is 8.42 Å². The summed E-state index contributed by atoms with van der Waals surface area (Å²) in [5, 5.41) is 9.58. The smallest absolute Gasteiger partial charge is 0.263 e. The molecule has 0 aliphatic carbocycles. The Labute approximate surface area is 120 Å². The Morgan fingerprint density at radius 1 is 1.16 bits per heavy atom. The number of aryl methyl sites for hydroxylation is 1. The first-order valence-electron chi connectivity index (χ1n) is 5.47. The van der Waals surface area contributed by atoms with Crippen LogP contribution < -0.4 is 4.72 Å². The van der Waals surface area contributed by atoms with Crippen molar-refractivity contribution in [2.75, 3.05) is 4.72 Å². The van der Waals surface area contributed by atoms with Crippen LogP contribution in [0.3, 0.4) is 0 Å². The van der Waals surface area contributed by atoms with E-state index in [1.807, 2.05) is 0 Å². The zero-order chi connectivity index (χ0) is 14.0. The fraction of sp³-hybridized carbons (Fsp3) is 0.0769. The van der Waals surface area contributed by atoms with Crippen LogP contribution in [0.15, 0.2) is 51.8 Å². The van der Waals surface area contributed by atoms with Gasteiger partial charge in [0.05, 0.1) is 5.69 Å². The van der Waals surface area contributed by atoms with Crippen molar-refractivity contribution in [2.45, 2.75) is 11.8 Å². The number of sulfonamides is 1. The van der Waals surface area contributed by atoms with Crippen LogP contribution in [0.4, 0.5) is 5.69 Å². The van der Waals surface area contributed by atoms with Crippen molar-refractivity contribution in [3.8, 4) is 5.75 Å². The first-order chi connectivity index (χ1) is 8.90. The summed E-state index contributed by atoms with van der Waals surface area (Å²) in [6.07, 6.45) is 0. The van der Waals surface area contributed by atoms with E-state index >= 15 is 0 Å². The number of hydrogen-bond acceptors (Lipinski definition) is 3. The standard InChI is InChI=1S/C13H12BrNO3S/c1-9-6-7-10(8-12(9)16)15-19(17,18)13-5-3-2-4-11(13)14/h2-8,15-16H,1H3. The van der Waals surface area contributed by atoms with E-state index in [1.54, 1.807) is 37.3 Å². The zero-order valence-electron chi connectivity index (χ0n) is 10.1. The largest absolute Gasteiger partial charge is 0.508 e. The molecule has 2 rings (SSSR count). The van der Waals surface area contributed by atoms with Crippen LogP contribution in [-0.4, -0.2) is 13.5 Å². The van der Waals surface area contributed by atoms with E-state index in [9.17, 15) is 13.5 Å². The molecular formula is C13H12BrNO3S. The molecule has 2 aromatic carbocycles. The fourth-order valence-corrected chi connectivity index (χ4v) is 3.60. The molecule has 100 valence electrons. The molecule has 0 spiro atoms. The first kappa shape index (κ1) is 13.9. The summed E-state index contributed by atoms with van der Waals surface area (Å²) in [4.78, 5) is 0.148. The van der Waals surface area contributed by atoms with E-state index < -0.39 is 10.0 Å². The normalized spacial score (nSPS) is 11.3. The van der Waals surface area contributed by atoms with Crippen molar-refractivity contribution >= 4 is 31.6 Å². The lowest BCUT2D eigenvalue weighted by Gasteiger charge is -2.10. The molecule has 2 aromatic rings. The van der Waals surface area contributed by atoms with Crippen molar-refractivity contribution < 1.29 is 13.5 Å². The molecule has 0 saturated heterocycles. The van der Waals surface area contributed by atoms with Crippen LogP contribution in [0.2, 0.25) is 0 Å². The van der Waals surface area contributed by atoms with E-state index in [2.05, 4.69) is 20.7 Å². The molecule has 0 fully saturated rings. The highest BCUT2D eigenvalue weighted by molar-refractivity contribution is 9.10. The number of halogens is 1. The van der Waals surface area contributed by atoms with Gasteiger partial charge in [-0.15, -0.1) is 0 Å². The lowest BCUT2D eigenvalue weighted by atomic mass is 10.2. The molecule has 0 amide bonds. The summed E-state index contributed by atoms with van der Waals surface area (Å²) in [6.45, 7) is 1.74. The van der Waals surface area contributed by atoms with Crippen LogP contribution in [0.5, 0.6) is 5.75 Å². The molecule has 0 heterocycles. The van der Waals surface area contributed by atoms with Gasteiger partial charge in [0.25, 0.3) is 10.0 Å². The first-order valence-corrected chi connectivity index (χ1v) is 7.75. The molecule has 0 unspecified atom stereocenters. The highest BCUT2D eigenvalue weighted by Crippen LogP contribution is 2.26. The molecule has 0 saturated carbocycles. The Morgan fingerprint density at radius 3 is 2.47 bits per heavy atom. The highest BCUT2D eigenvalue weighted by atomic mass is 79.9. The summed E-state index contributed by atoms with van der Waals surface area (Å²) < 4.78 is 27.3. The SMILES string of the molecule is Cc1ccc(NS(=O)(=O)c2ccccc2Br)cc1O. The number of anilines is 1. The van der Waals surface area contributed by atoms with Gasteiger partial charge in [0.1, 0.15) is 10.6 Å². The van der Waals surface area contributed by atoms with E-state index in [4.69, 9.17) is 0 Å². The van der Waals surface area contributed by atoms with E-state index in [0.717, 1.165) is 0 Å². The average molecular weight is 342 g/mol. The third-order valence-electron chi connectivity index (χ3n) is 2.59. The molecule has 6 heteroatoms. The quantitative estimate of drug-likeness (QED) is 0.900. The molecule has 19 heavy (non-hydrogen) atoms. The van der Waals surface area contributed by atoms with Crippen molar-refractivity contribution in [3.05, 3.63) is 52.5 Å². The van der Waals surface area contributed by atoms with E-state index in [-0.39, 0.29) is 10.6 Å². The van der Waals surface area contributed by atoms with Crippen molar-refractivity contribution in [1.82, 2.24) is 0 Å². The Morgan fingerprint density at radius 2 is 1.84 bits per heavy atom. The summed E-state index contributed by atoms with van der Waals surface area (Å²) in [5.74, 6) is 0.0485. The minimum atomic E-state index is -3.68. The molecule has 0 radical (unpaired) electrons. The Hall–Kier alpha value is -1.53. The number of phenols is 1. The van der Waals surface area contributed by atoms with Crippen LogP contribution >= 0.6 is 15.9 Å².